The van der Waals surface area contributed by atoms with Crippen molar-refractivity contribution in [1.82, 2.24) is 16.0 Å². The molecule has 2 amide bonds. The van der Waals surface area contributed by atoms with Crippen molar-refractivity contribution in [1.29, 1.82) is 0 Å². The van der Waals surface area contributed by atoms with Crippen molar-refractivity contribution in [3.05, 3.63) is 21.4 Å². The van der Waals surface area contributed by atoms with Crippen LogP contribution < -0.4 is 16.0 Å². The molecule has 0 atom stereocenters. The summed E-state index contributed by atoms with van der Waals surface area (Å²) in [6.07, 6.45) is 4.54. The minimum Gasteiger partial charge on any atom is -0.383 e. The van der Waals surface area contributed by atoms with E-state index in [-0.39, 0.29) is 18.4 Å². The van der Waals surface area contributed by atoms with Crippen LogP contribution in [0, 0.1) is 0 Å². The molecule has 0 aromatic carbocycles. The second kappa shape index (κ2) is 9.64. The Bertz CT molecular complexity index is 507. The molecule has 0 aliphatic heterocycles. The molecule has 7 heteroatoms. The smallest absolute Gasteiger partial charge is 0.261 e. The van der Waals surface area contributed by atoms with Crippen LogP contribution in [0.15, 0.2) is 6.07 Å². The maximum Gasteiger partial charge on any atom is 0.261 e. The number of methoxy groups -OCH3 is 1. The van der Waals surface area contributed by atoms with Crippen molar-refractivity contribution in [2.24, 2.45) is 0 Å². The van der Waals surface area contributed by atoms with E-state index in [1.807, 2.05) is 6.07 Å². The second-order valence-electron chi connectivity index (χ2n) is 5.54. The van der Waals surface area contributed by atoms with Gasteiger partial charge in [-0.15, -0.1) is 11.3 Å². The highest BCUT2D eigenvalue weighted by Crippen LogP contribution is 2.29. The molecular weight excluding hydrogens is 314 g/mol. The summed E-state index contributed by atoms with van der Waals surface area (Å²) >= 11 is 1.56. The van der Waals surface area contributed by atoms with Gasteiger partial charge >= 0.3 is 0 Å². The van der Waals surface area contributed by atoms with Gasteiger partial charge in [0.05, 0.1) is 18.0 Å². The summed E-state index contributed by atoms with van der Waals surface area (Å²) in [6, 6.07) is 1.98. The molecule has 1 aliphatic rings. The van der Waals surface area contributed by atoms with E-state index in [2.05, 4.69) is 16.0 Å². The Balaban J connectivity index is 1.64. The number of carbonyl (C=O) groups excluding carboxylic acids is 2. The van der Waals surface area contributed by atoms with Crippen molar-refractivity contribution in [3.8, 4) is 0 Å². The third-order valence-corrected chi connectivity index (χ3v) is 4.97. The number of thiophene rings is 1. The highest BCUT2D eigenvalue weighted by Gasteiger charge is 2.17. The van der Waals surface area contributed by atoms with E-state index in [0.29, 0.717) is 24.6 Å². The zero-order valence-electron chi connectivity index (χ0n) is 13.6. The molecule has 0 bridgehead atoms. The molecule has 1 heterocycles. The molecule has 0 unspecified atom stereocenters. The van der Waals surface area contributed by atoms with Gasteiger partial charge in [-0.25, -0.2) is 0 Å². The molecule has 3 N–H and O–H groups in total. The van der Waals surface area contributed by atoms with E-state index < -0.39 is 0 Å². The van der Waals surface area contributed by atoms with Gasteiger partial charge in [0.25, 0.3) is 5.91 Å². The zero-order valence-corrected chi connectivity index (χ0v) is 14.4. The van der Waals surface area contributed by atoms with Gasteiger partial charge in [0.15, 0.2) is 0 Å². The largest absolute Gasteiger partial charge is 0.383 e. The van der Waals surface area contributed by atoms with Crippen LogP contribution in [0.3, 0.4) is 0 Å². The topological polar surface area (TPSA) is 79.5 Å². The summed E-state index contributed by atoms with van der Waals surface area (Å²) < 4.78 is 4.91. The Morgan fingerprint density at radius 3 is 2.78 bits per heavy atom. The minimum atomic E-state index is -0.173. The van der Waals surface area contributed by atoms with E-state index in [0.717, 1.165) is 19.4 Å². The number of nitrogens with one attached hydrogen (secondary N) is 3. The normalized spacial score (nSPS) is 13.4. The summed E-state index contributed by atoms with van der Waals surface area (Å²) in [5.41, 5.74) is 1.30. The van der Waals surface area contributed by atoms with Crippen molar-refractivity contribution in [2.75, 3.05) is 39.9 Å². The van der Waals surface area contributed by atoms with Crippen molar-refractivity contribution in [2.45, 2.75) is 25.7 Å². The van der Waals surface area contributed by atoms with Crippen LogP contribution >= 0.6 is 11.3 Å². The van der Waals surface area contributed by atoms with E-state index in [1.165, 1.54) is 23.3 Å². The van der Waals surface area contributed by atoms with Gasteiger partial charge in [0.1, 0.15) is 0 Å². The fourth-order valence-corrected chi connectivity index (χ4v) is 3.67. The Labute approximate surface area is 141 Å². The van der Waals surface area contributed by atoms with E-state index in [9.17, 15) is 9.59 Å². The first-order valence-corrected chi connectivity index (χ1v) is 8.88. The lowest BCUT2D eigenvalue weighted by atomic mass is 9.99. The molecule has 0 saturated carbocycles. The lowest BCUT2D eigenvalue weighted by Crippen LogP contribution is -2.39. The van der Waals surface area contributed by atoms with Crippen LogP contribution in [-0.4, -0.2) is 51.7 Å². The van der Waals surface area contributed by atoms with Crippen LogP contribution in [0.25, 0.3) is 0 Å². The molecule has 128 valence electrons. The average Bonchev–Trinajstić information content (AvgIpc) is 3.00. The molecule has 2 rings (SSSR count). The highest BCUT2D eigenvalue weighted by molar-refractivity contribution is 7.14. The first-order chi connectivity index (χ1) is 11.2. The first-order valence-electron chi connectivity index (χ1n) is 8.07. The van der Waals surface area contributed by atoms with Gasteiger partial charge in [0, 0.05) is 31.6 Å². The molecule has 0 fully saturated rings. The fraction of sp³-hybridized carbons (Fsp3) is 0.625. The second-order valence-corrected chi connectivity index (χ2v) is 6.68. The van der Waals surface area contributed by atoms with Gasteiger partial charge in [-0.2, -0.15) is 0 Å². The van der Waals surface area contributed by atoms with Crippen molar-refractivity contribution in [3.63, 3.8) is 0 Å². The molecule has 1 aromatic rings. The van der Waals surface area contributed by atoms with Gasteiger partial charge in [-0.1, -0.05) is 0 Å². The van der Waals surface area contributed by atoms with Gasteiger partial charge in [-0.3, -0.25) is 9.59 Å². The number of ether oxygens (including phenoxy) is 1. The summed E-state index contributed by atoms with van der Waals surface area (Å²) in [5.74, 6) is -0.328. The standard InChI is InChI=1S/C16H25N3O3S/c1-22-9-8-17-6-7-18-15(20)11-19-16(21)14-10-12-4-2-3-5-13(12)23-14/h10,17H,2-9,11H2,1H3,(H,18,20)(H,19,21). The Hall–Kier alpha value is -1.44. The minimum absolute atomic E-state index is 0.0134. The summed E-state index contributed by atoms with van der Waals surface area (Å²) in [4.78, 5) is 25.8. The summed E-state index contributed by atoms with van der Waals surface area (Å²) in [7, 11) is 1.65. The molecule has 0 radical (unpaired) electrons. The number of amides is 2. The molecular formula is C16H25N3O3S. The molecule has 1 aromatic heterocycles. The van der Waals surface area contributed by atoms with E-state index >= 15 is 0 Å². The number of carbonyl (C=O) groups is 2. The quantitative estimate of drug-likeness (QED) is 0.579. The third kappa shape index (κ3) is 5.93. The maximum absolute atomic E-state index is 12.1. The fourth-order valence-electron chi connectivity index (χ4n) is 2.50. The summed E-state index contributed by atoms with van der Waals surface area (Å²) in [6.45, 7) is 2.63. The van der Waals surface area contributed by atoms with Crippen LogP contribution in [0.5, 0.6) is 0 Å². The van der Waals surface area contributed by atoms with Crippen molar-refractivity contribution < 1.29 is 14.3 Å². The Morgan fingerprint density at radius 1 is 1.17 bits per heavy atom. The highest BCUT2D eigenvalue weighted by atomic mass is 32.1. The Kier molecular flexibility index (Phi) is 7.51. The summed E-state index contributed by atoms with van der Waals surface area (Å²) in [5, 5.41) is 8.58. The molecule has 0 spiro atoms. The maximum atomic E-state index is 12.1. The number of aryl methyl sites for hydroxylation is 2. The number of fused-ring (bicyclic) bond motifs is 1. The van der Waals surface area contributed by atoms with Crippen LogP contribution in [0.2, 0.25) is 0 Å². The first kappa shape index (κ1) is 17.9. The number of rotatable bonds is 9. The predicted molar refractivity (Wildman–Crippen MR) is 91.0 cm³/mol. The van der Waals surface area contributed by atoms with Crippen LogP contribution in [0.4, 0.5) is 0 Å². The third-order valence-electron chi connectivity index (χ3n) is 3.74. The monoisotopic (exact) mass is 339 g/mol. The van der Waals surface area contributed by atoms with Crippen LogP contribution in [0.1, 0.15) is 33.0 Å². The predicted octanol–water partition coefficient (Wildman–Crippen LogP) is 0.709. The van der Waals surface area contributed by atoms with Gasteiger partial charge in [0.2, 0.25) is 5.91 Å². The Morgan fingerprint density at radius 2 is 2.00 bits per heavy atom. The van der Waals surface area contributed by atoms with Crippen LogP contribution in [-0.2, 0) is 22.4 Å². The van der Waals surface area contributed by atoms with Gasteiger partial charge < -0.3 is 20.7 Å². The average molecular weight is 339 g/mol. The van der Waals surface area contributed by atoms with E-state index in [1.54, 1.807) is 18.4 Å². The SMILES string of the molecule is COCCNCCNC(=O)CNC(=O)c1cc2c(s1)CCCC2. The molecule has 1 aliphatic carbocycles. The number of hydrogen-bond acceptors (Lipinski definition) is 5. The number of hydrogen-bond donors (Lipinski definition) is 3. The molecule has 6 nitrogen and oxygen atoms in total. The lowest BCUT2D eigenvalue weighted by Gasteiger charge is -2.08. The van der Waals surface area contributed by atoms with Gasteiger partial charge in [-0.05, 0) is 37.3 Å². The molecule has 23 heavy (non-hydrogen) atoms. The zero-order chi connectivity index (χ0) is 16.5. The molecule has 0 saturated heterocycles. The lowest BCUT2D eigenvalue weighted by molar-refractivity contribution is -0.120. The van der Waals surface area contributed by atoms with E-state index in [4.69, 9.17) is 4.74 Å². The van der Waals surface area contributed by atoms with Crippen molar-refractivity contribution >= 4 is 23.2 Å².